The van der Waals surface area contributed by atoms with Crippen LogP contribution in [0.15, 0.2) is 41.1 Å². The molecule has 15 heavy (non-hydrogen) atoms. The van der Waals surface area contributed by atoms with Gasteiger partial charge in [0, 0.05) is 3.57 Å². The van der Waals surface area contributed by atoms with E-state index in [1.165, 1.54) is 3.57 Å². The molecule has 0 aliphatic rings. The predicted octanol–water partition coefficient (Wildman–Crippen LogP) is 3.61. The smallest absolute Gasteiger partial charge is 0.113 e. The number of hydrogen-bond acceptors (Lipinski definition) is 2. The molecule has 2 rings (SSSR count). The summed E-state index contributed by atoms with van der Waals surface area (Å²) in [5.41, 5.74) is 1.000. The van der Waals surface area contributed by atoms with Gasteiger partial charge in [-0.2, -0.15) is 11.3 Å². The molecule has 2 aromatic rings. The molecule has 1 aromatic heterocycles. The summed E-state index contributed by atoms with van der Waals surface area (Å²) in [6.07, 6.45) is 0. The van der Waals surface area contributed by atoms with Gasteiger partial charge in [0.25, 0.3) is 0 Å². The molecule has 1 heterocycles. The topological polar surface area (TPSA) is 20.2 Å². The zero-order valence-corrected chi connectivity index (χ0v) is 11.2. The summed E-state index contributed by atoms with van der Waals surface area (Å²) in [7, 11) is 0. The zero-order chi connectivity index (χ0) is 10.9. The van der Waals surface area contributed by atoms with Gasteiger partial charge in [0.15, 0.2) is 0 Å². The van der Waals surface area contributed by atoms with E-state index < -0.39 is 5.60 Å². The molecule has 0 aliphatic heterocycles. The number of aliphatic hydroxyl groups is 1. The lowest BCUT2D eigenvalue weighted by atomic mass is 9.90. The Labute approximate surface area is 107 Å². The highest BCUT2D eigenvalue weighted by Gasteiger charge is 2.25. The third kappa shape index (κ3) is 2.24. The molecule has 3 heteroatoms. The Morgan fingerprint density at radius 3 is 2.33 bits per heavy atom. The number of halogens is 1. The van der Waals surface area contributed by atoms with Gasteiger partial charge >= 0.3 is 0 Å². The molecule has 1 nitrogen and oxygen atoms in total. The minimum Gasteiger partial charge on any atom is -0.381 e. The van der Waals surface area contributed by atoms with E-state index >= 15 is 0 Å². The van der Waals surface area contributed by atoms with Crippen LogP contribution in [0.25, 0.3) is 0 Å². The van der Waals surface area contributed by atoms with Crippen LogP contribution in [-0.2, 0) is 5.60 Å². The van der Waals surface area contributed by atoms with Gasteiger partial charge in [-0.25, -0.2) is 0 Å². The average Bonchev–Trinajstić information content (AvgIpc) is 2.71. The largest absolute Gasteiger partial charge is 0.381 e. The van der Waals surface area contributed by atoms with Crippen molar-refractivity contribution in [3.8, 4) is 0 Å². The van der Waals surface area contributed by atoms with Crippen LogP contribution in [0.4, 0.5) is 0 Å². The lowest BCUT2D eigenvalue weighted by Gasteiger charge is -2.23. The SMILES string of the molecule is CC(O)(c1ccc(I)cc1)c1ccsc1. The van der Waals surface area contributed by atoms with Crippen LogP contribution in [0.3, 0.4) is 0 Å². The van der Waals surface area contributed by atoms with Gasteiger partial charge in [-0.3, -0.25) is 0 Å². The summed E-state index contributed by atoms with van der Waals surface area (Å²) < 4.78 is 1.18. The summed E-state index contributed by atoms with van der Waals surface area (Å²) in [5, 5.41) is 14.4. The van der Waals surface area contributed by atoms with Crippen molar-refractivity contribution in [1.29, 1.82) is 0 Å². The Balaban J connectivity index is 2.41. The molecule has 0 bridgehead atoms. The second-order valence-corrected chi connectivity index (χ2v) is 5.62. The quantitative estimate of drug-likeness (QED) is 0.834. The molecule has 1 N–H and O–H groups in total. The fourth-order valence-electron chi connectivity index (χ4n) is 1.48. The Bertz CT molecular complexity index is 431. The van der Waals surface area contributed by atoms with Crippen molar-refractivity contribution in [1.82, 2.24) is 0 Å². The van der Waals surface area contributed by atoms with Crippen LogP contribution >= 0.6 is 33.9 Å². The molecule has 0 saturated carbocycles. The van der Waals surface area contributed by atoms with Crippen LogP contribution in [0.2, 0.25) is 0 Å². The van der Waals surface area contributed by atoms with E-state index in [-0.39, 0.29) is 0 Å². The Kier molecular flexibility index (Phi) is 3.13. The molecular formula is C12H11IOS. The molecule has 1 aromatic carbocycles. The minimum absolute atomic E-state index is 0.885. The standard InChI is InChI=1S/C12H11IOS/c1-12(14,10-6-7-15-8-10)9-2-4-11(13)5-3-9/h2-8,14H,1H3. The zero-order valence-electron chi connectivity index (χ0n) is 8.27. The van der Waals surface area contributed by atoms with Gasteiger partial charge in [0.2, 0.25) is 0 Å². The van der Waals surface area contributed by atoms with Crippen molar-refractivity contribution in [2.75, 3.05) is 0 Å². The lowest BCUT2D eigenvalue weighted by molar-refractivity contribution is 0.103. The van der Waals surface area contributed by atoms with Crippen molar-refractivity contribution in [3.05, 3.63) is 55.8 Å². The van der Waals surface area contributed by atoms with Crippen molar-refractivity contribution in [2.45, 2.75) is 12.5 Å². The first-order valence-corrected chi connectivity index (χ1v) is 6.64. The molecule has 0 fully saturated rings. The van der Waals surface area contributed by atoms with E-state index in [0.717, 1.165) is 11.1 Å². The Hall–Kier alpha value is -0.390. The molecule has 0 aliphatic carbocycles. The number of thiophene rings is 1. The summed E-state index contributed by atoms with van der Waals surface area (Å²) in [6, 6.07) is 9.93. The Morgan fingerprint density at radius 1 is 1.13 bits per heavy atom. The maximum atomic E-state index is 10.4. The van der Waals surface area contributed by atoms with Gasteiger partial charge in [-0.1, -0.05) is 12.1 Å². The van der Waals surface area contributed by atoms with E-state index in [4.69, 9.17) is 0 Å². The first-order valence-electron chi connectivity index (χ1n) is 4.62. The predicted molar refractivity (Wildman–Crippen MR) is 72.2 cm³/mol. The fourth-order valence-corrected chi connectivity index (χ4v) is 2.60. The van der Waals surface area contributed by atoms with E-state index in [1.54, 1.807) is 11.3 Å². The van der Waals surface area contributed by atoms with Crippen LogP contribution < -0.4 is 0 Å². The van der Waals surface area contributed by atoms with Crippen LogP contribution in [0, 0.1) is 3.57 Å². The maximum Gasteiger partial charge on any atom is 0.113 e. The van der Waals surface area contributed by atoms with E-state index in [0.29, 0.717) is 0 Å². The highest BCUT2D eigenvalue weighted by atomic mass is 127. The highest BCUT2D eigenvalue weighted by molar-refractivity contribution is 14.1. The molecule has 0 saturated heterocycles. The maximum absolute atomic E-state index is 10.4. The highest BCUT2D eigenvalue weighted by Crippen LogP contribution is 2.30. The molecule has 0 spiro atoms. The third-order valence-corrected chi connectivity index (χ3v) is 3.89. The molecule has 1 unspecified atom stereocenters. The van der Waals surface area contributed by atoms with Crippen LogP contribution in [0.1, 0.15) is 18.1 Å². The van der Waals surface area contributed by atoms with E-state index in [9.17, 15) is 5.11 Å². The normalized spacial score (nSPS) is 14.9. The summed E-state index contributed by atoms with van der Waals surface area (Å²) in [4.78, 5) is 0. The molecule has 0 radical (unpaired) electrons. The first-order chi connectivity index (χ1) is 7.10. The van der Waals surface area contributed by atoms with Crippen LogP contribution in [0.5, 0.6) is 0 Å². The summed E-state index contributed by atoms with van der Waals surface area (Å²) in [5.74, 6) is 0. The second kappa shape index (κ2) is 4.23. The lowest BCUT2D eigenvalue weighted by Crippen LogP contribution is -2.21. The third-order valence-electron chi connectivity index (χ3n) is 2.49. The van der Waals surface area contributed by atoms with E-state index in [2.05, 4.69) is 22.6 Å². The summed E-state index contributed by atoms with van der Waals surface area (Å²) in [6.45, 7) is 1.83. The molecular weight excluding hydrogens is 319 g/mol. The fraction of sp³-hybridized carbons (Fsp3) is 0.167. The number of hydrogen-bond donors (Lipinski definition) is 1. The minimum atomic E-state index is -0.885. The van der Waals surface area contributed by atoms with Crippen molar-refractivity contribution >= 4 is 33.9 Å². The molecule has 0 amide bonds. The van der Waals surface area contributed by atoms with Crippen molar-refractivity contribution in [3.63, 3.8) is 0 Å². The second-order valence-electron chi connectivity index (χ2n) is 3.59. The van der Waals surface area contributed by atoms with E-state index in [1.807, 2.05) is 48.0 Å². The van der Waals surface area contributed by atoms with Crippen molar-refractivity contribution < 1.29 is 5.11 Å². The first kappa shape index (κ1) is 11.1. The molecule has 1 atom stereocenters. The monoisotopic (exact) mass is 330 g/mol. The number of rotatable bonds is 2. The number of benzene rings is 1. The van der Waals surface area contributed by atoms with Gasteiger partial charge < -0.3 is 5.11 Å². The molecule has 78 valence electrons. The van der Waals surface area contributed by atoms with Crippen LogP contribution in [-0.4, -0.2) is 5.11 Å². The average molecular weight is 330 g/mol. The Morgan fingerprint density at radius 2 is 1.80 bits per heavy atom. The van der Waals surface area contributed by atoms with Gasteiger partial charge in [0.05, 0.1) is 0 Å². The summed E-state index contributed by atoms with van der Waals surface area (Å²) >= 11 is 3.86. The van der Waals surface area contributed by atoms with Crippen molar-refractivity contribution in [2.24, 2.45) is 0 Å². The van der Waals surface area contributed by atoms with Gasteiger partial charge in [-0.15, -0.1) is 0 Å². The van der Waals surface area contributed by atoms with Gasteiger partial charge in [0.1, 0.15) is 5.60 Å². The van der Waals surface area contributed by atoms with Gasteiger partial charge in [-0.05, 0) is 69.6 Å².